The van der Waals surface area contributed by atoms with Gasteiger partial charge in [0.15, 0.2) is 17.6 Å². The van der Waals surface area contributed by atoms with Crippen LogP contribution in [0.5, 0.6) is 11.5 Å². The zero-order valence-electron chi connectivity index (χ0n) is 16.6. The van der Waals surface area contributed by atoms with E-state index in [2.05, 4.69) is 5.32 Å². The Hall–Kier alpha value is -2.74. The lowest BCUT2D eigenvalue weighted by molar-refractivity contribution is -0.154. The van der Waals surface area contributed by atoms with Crippen LogP contribution in [0.25, 0.3) is 0 Å². The van der Waals surface area contributed by atoms with Gasteiger partial charge in [-0.1, -0.05) is 6.07 Å². The van der Waals surface area contributed by atoms with Crippen molar-refractivity contribution in [2.24, 2.45) is 0 Å². The molecule has 0 aliphatic carbocycles. The highest BCUT2D eigenvalue weighted by molar-refractivity contribution is 7.99. The molecule has 0 bridgehead atoms. The van der Waals surface area contributed by atoms with Crippen molar-refractivity contribution in [2.45, 2.75) is 30.9 Å². The molecule has 156 valence electrons. The zero-order chi connectivity index (χ0) is 21.2. The summed E-state index contributed by atoms with van der Waals surface area (Å²) in [6.45, 7) is 1.79. The van der Waals surface area contributed by atoms with Crippen LogP contribution < -0.4 is 14.8 Å². The largest absolute Gasteiger partial charge is 0.493 e. The predicted octanol–water partition coefficient (Wildman–Crippen LogP) is 3.57. The second-order valence-electron chi connectivity index (χ2n) is 6.09. The van der Waals surface area contributed by atoms with Gasteiger partial charge >= 0.3 is 5.97 Å². The molecule has 0 aliphatic heterocycles. The lowest BCUT2D eigenvalue weighted by atomic mass is 10.2. The highest BCUT2D eigenvalue weighted by Gasteiger charge is 2.17. The van der Waals surface area contributed by atoms with Crippen molar-refractivity contribution in [3.8, 4) is 11.5 Å². The maximum Gasteiger partial charge on any atom is 0.307 e. The minimum atomic E-state index is -0.904. The molecule has 2 aromatic rings. The van der Waals surface area contributed by atoms with Crippen LogP contribution in [0.3, 0.4) is 0 Å². The van der Waals surface area contributed by atoms with E-state index in [0.29, 0.717) is 17.3 Å². The monoisotopic (exact) mass is 421 g/mol. The summed E-state index contributed by atoms with van der Waals surface area (Å²) in [6, 6.07) is 11.4. The van der Waals surface area contributed by atoms with Crippen LogP contribution in [-0.4, -0.2) is 38.0 Å². The molecule has 0 aliphatic rings. The van der Waals surface area contributed by atoms with Gasteiger partial charge in [-0.3, -0.25) is 9.59 Å². The van der Waals surface area contributed by atoms with Gasteiger partial charge in [-0.15, -0.1) is 11.8 Å². The maximum atomic E-state index is 12.9. The minimum Gasteiger partial charge on any atom is -0.493 e. The van der Waals surface area contributed by atoms with E-state index in [1.54, 1.807) is 31.4 Å². The highest BCUT2D eigenvalue weighted by atomic mass is 32.2. The molecule has 6 nitrogen and oxygen atoms in total. The number of methoxy groups -OCH3 is 2. The van der Waals surface area contributed by atoms with E-state index in [0.717, 1.165) is 10.5 Å². The summed E-state index contributed by atoms with van der Waals surface area (Å²) in [5, 5.41) is 2.73. The van der Waals surface area contributed by atoms with Crippen LogP contribution in [-0.2, 0) is 20.9 Å². The number of hydrogen-bond donors (Lipinski definition) is 1. The Morgan fingerprint density at radius 1 is 1.07 bits per heavy atom. The van der Waals surface area contributed by atoms with Crippen molar-refractivity contribution >= 4 is 23.6 Å². The topological polar surface area (TPSA) is 73.9 Å². The van der Waals surface area contributed by atoms with Crippen LogP contribution in [0.4, 0.5) is 4.39 Å². The predicted molar refractivity (Wildman–Crippen MR) is 109 cm³/mol. The standard InChI is InChI=1S/C21H24FNO5S/c1-14(28-20(24)10-11-29-17-7-5-16(22)6-8-17)21(25)23-13-15-4-9-18(26-2)19(12-15)27-3/h4-9,12,14H,10-11,13H2,1-3H3,(H,23,25)/t14-/m1/s1. The number of carbonyl (C=O) groups is 2. The first-order chi connectivity index (χ1) is 13.9. The summed E-state index contributed by atoms with van der Waals surface area (Å²) in [4.78, 5) is 25.0. The van der Waals surface area contributed by atoms with Crippen LogP contribution in [0.1, 0.15) is 18.9 Å². The third kappa shape index (κ3) is 7.30. The fraction of sp³-hybridized carbons (Fsp3) is 0.333. The number of rotatable bonds is 10. The van der Waals surface area contributed by atoms with E-state index in [9.17, 15) is 14.0 Å². The maximum absolute atomic E-state index is 12.9. The molecule has 0 saturated carbocycles. The first kappa shape index (κ1) is 22.5. The van der Waals surface area contributed by atoms with Crippen molar-refractivity contribution in [3.63, 3.8) is 0 Å². The molecule has 0 fully saturated rings. The Morgan fingerprint density at radius 2 is 1.76 bits per heavy atom. The Morgan fingerprint density at radius 3 is 2.41 bits per heavy atom. The minimum absolute atomic E-state index is 0.148. The molecule has 1 amide bonds. The summed E-state index contributed by atoms with van der Waals surface area (Å²) in [6.07, 6.45) is -0.756. The smallest absolute Gasteiger partial charge is 0.307 e. The van der Waals surface area contributed by atoms with Crippen LogP contribution >= 0.6 is 11.8 Å². The zero-order valence-corrected chi connectivity index (χ0v) is 17.4. The fourth-order valence-corrected chi connectivity index (χ4v) is 3.25. The van der Waals surface area contributed by atoms with E-state index in [4.69, 9.17) is 14.2 Å². The molecule has 0 spiro atoms. The first-order valence-electron chi connectivity index (χ1n) is 8.99. The van der Waals surface area contributed by atoms with Gasteiger partial charge in [0, 0.05) is 17.2 Å². The van der Waals surface area contributed by atoms with Crippen molar-refractivity contribution in [3.05, 3.63) is 53.8 Å². The molecule has 1 atom stereocenters. The summed E-state index contributed by atoms with van der Waals surface area (Å²) in [7, 11) is 3.09. The summed E-state index contributed by atoms with van der Waals surface area (Å²) in [5.74, 6) is 0.486. The van der Waals surface area contributed by atoms with Crippen molar-refractivity contribution in [1.82, 2.24) is 5.32 Å². The third-order valence-electron chi connectivity index (χ3n) is 3.98. The molecule has 0 radical (unpaired) electrons. The van der Waals surface area contributed by atoms with Crippen molar-refractivity contribution in [1.29, 1.82) is 0 Å². The van der Waals surface area contributed by atoms with Gasteiger partial charge in [-0.2, -0.15) is 0 Å². The number of esters is 1. The van der Waals surface area contributed by atoms with Crippen LogP contribution in [0.2, 0.25) is 0 Å². The Bertz CT molecular complexity index is 828. The molecule has 29 heavy (non-hydrogen) atoms. The van der Waals surface area contributed by atoms with E-state index in [-0.39, 0.29) is 24.7 Å². The van der Waals surface area contributed by atoms with Crippen LogP contribution in [0.15, 0.2) is 47.4 Å². The number of ether oxygens (including phenoxy) is 3. The molecule has 1 N–H and O–H groups in total. The van der Waals surface area contributed by atoms with E-state index in [1.807, 2.05) is 6.07 Å². The first-order valence-corrected chi connectivity index (χ1v) is 9.98. The van der Waals surface area contributed by atoms with Gasteiger partial charge in [0.05, 0.1) is 20.6 Å². The second kappa shape index (κ2) is 11.3. The molecular weight excluding hydrogens is 397 g/mol. The lowest BCUT2D eigenvalue weighted by Gasteiger charge is -2.14. The van der Waals surface area contributed by atoms with Gasteiger partial charge in [-0.25, -0.2) is 4.39 Å². The quantitative estimate of drug-likeness (QED) is 0.467. The molecule has 2 rings (SSSR count). The van der Waals surface area contributed by atoms with Gasteiger partial charge in [0.2, 0.25) is 0 Å². The Kier molecular flexibility index (Phi) is 8.79. The molecule has 8 heteroatoms. The van der Waals surface area contributed by atoms with E-state index < -0.39 is 12.1 Å². The Labute approximate surface area is 173 Å². The van der Waals surface area contributed by atoms with Crippen LogP contribution in [0, 0.1) is 5.82 Å². The van der Waals surface area contributed by atoms with Crippen molar-refractivity contribution in [2.75, 3.05) is 20.0 Å². The number of amides is 1. The highest BCUT2D eigenvalue weighted by Crippen LogP contribution is 2.27. The molecule has 2 aromatic carbocycles. The number of hydrogen-bond acceptors (Lipinski definition) is 6. The average Bonchev–Trinajstić information content (AvgIpc) is 2.73. The number of nitrogens with one attached hydrogen (secondary N) is 1. The van der Waals surface area contributed by atoms with E-state index >= 15 is 0 Å². The second-order valence-corrected chi connectivity index (χ2v) is 7.26. The summed E-state index contributed by atoms with van der Waals surface area (Å²) < 4.78 is 28.4. The summed E-state index contributed by atoms with van der Waals surface area (Å²) >= 11 is 1.42. The SMILES string of the molecule is COc1ccc(CNC(=O)[C@@H](C)OC(=O)CCSc2ccc(F)cc2)cc1OC. The van der Waals surface area contributed by atoms with Gasteiger partial charge in [0.25, 0.3) is 5.91 Å². The lowest BCUT2D eigenvalue weighted by Crippen LogP contribution is -2.35. The van der Waals surface area contributed by atoms with Gasteiger partial charge in [-0.05, 0) is 48.9 Å². The molecule has 0 aromatic heterocycles. The molecule has 0 heterocycles. The molecule has 0 unspecified atom stereocenters. The van der Waals surface area contributed by atoms with E-state index in [1.165, 1.54) is 37.9 Å². The summed E-state index contributed by atoms with van der Waals surface area (Å²) in [5.41, 5.74) is 0.824. The number of halogens is 1. The number of thioether (sulfide) groups is 1. The van der Waals surface area contributed by atoms with Gasteiger partial charge in [0.1, 0.15) is 5.82 Å². The number of benzene rings is 2. The average molecular weight is 421 g/mol. The fourth-order valence-electron chi connectivity index (χ4n) is 2.42. The molecule has 0 saturated heterocycles. The third-order valence-corrected chi connectivity index (χ3v) is 4.99. The Balaban J connectivity index is 1.73. The van der Waals surface area contributed by atoms with Crippen molar-refractivity contribution < 1.29 is 28.2 Å². The number of carbonyl (C=O) groups excluding carboxylic acids is 2. The molecular formula is C21H24FNO5S. The van der Waals surface area contributed by atoms with Gasteiger partial charge < -0.3 is 19.5 Å². The normalized spacial score (nSPS) is 11.4.